The van der Waals surface area contributed by atoms with Gasteiger partial charge in [-0.15, -0.1) is 0 Å². The molecule has 0 radical (unpaired) electrons. The number of halogens is 2. The summed E-state index contributed by atoms with van der Waals surface area (Å²) in [4.78, 5) is 25.4. The molecule has 5 nitrogen and oxygen atoms in total. The maximum atomic E-state index is 14.0. The molecule has 7 heteroatoms. The zero-order chi connectivity index (χ0) is 18.9. The minimum absolute atomic E-state index is 0.0144. The average Bonchev–Trinajstić information content (AvgIpc) is 2.63. The predicted molar refractivity (Wildman–Crippen MR) is 97.8 cm³/mol. The highest BCUT2D eigenvalue weighted by atomic mass is 79.9. The molecule has 0 unspecified atom stereocenters. The number of anilines is 1. The Morgan fingerprint density at radius 2 is 1.85 bits per heavy atom. The van der Waals surface area contributed by atoms with Crippen LogP contribution in [0.25, 0.3) is 0 Å². The first-order valence-corrected chi connectivity index (χ1v) is 8.62. The van der Waals surface area contributed by atoms with Crippen molar-refractivity contribution in [2.24, 2.45) is 0 Å². The minimum atomic E-state index is -0.588. The SMILES string of the molecule is N#CCCN(C(=O)COC(=O)Cc1ccc(Br)cc1)c1ccccc1F. The van der Waals surface area contributed by atoms with Crippen molar-refractivity contribution < 1.29 is 18.7 Å². The summed E-state index contributed by atoms with van der Waals surface area (Å²) in [6.45, 7) is -0.504. The van der Waals surface area contributed by atoms with E-state index < -0.39 is 24.3 Å². The minimum Gasteiger partial charge on any atom is -0.455 e. The van der Waals surface area contributed by atoms with Crippen molar-refractivity contribution in [2.75, 3.05) is 18.1 Å². The summed E-state index contributed by atoms with van der Waals surface area (Å²) in [6.07, 6.45) is 0.0609. The van der Waals surface area contributed by atoms with Crippen LogP contribution in [0.15, 0.2) is 53.0 Å². The second-order valence-electron chi connectivity index (χ2n) is 5.37. The van der Waals surface area contributed by atoms with Crippen molar-refractivity contribution in [3.8, 4) is 6.07 Å². The van der Waals surface area contributed by atoms with Crippen molar-refractivity contribution in [1.82, 2.24) is 0 Å². The molecular weight excluding hydrogens is 403 g/mol. The highest BCUT2D eigenvalue weighted by molar-refractivity contribution is 9.10. The lowest BCUT2D eigenvalue weighted by atomic mass is 10.2. The van der Waals surface area contributed by atoms with Gasteiger partial charge in [-0.25, -0.2) is 4.39 Å². The standard InChI is InChI=1S/C19H16BrFN2O3/c20-15-8-6-14(7-9-15)12-19(25)26-13-18(24)23(11-3-10-22)17-5-2-1-4-16(17)21/h1-2,4-9H,3,11-13H2. The largest absolute Gasteiger partial charge is 0.455 e. The van der Waals surface area contributed by atoms with Crippen LogP contribution in [-0.2, 0) is 20.7 Å². The number of hydrogen-bond donors (Lipinski definition) is 0. The van der Waals surface area contributed by atoms with Gasteiger partial charge in [0.2, 0.25) is 0 Å². The third kappa shape index (κ3) is 5.67. The van der Waals surface area contributed by atoms with Crippen LogP contribution in [0.3, 0.4) is 0 Å². The predicted octanol–water partition coefficient (Wildman–Crippen LogP) is 3.62. The molecule has 134 valence electrons. The second kappa shape index (κ2) is 9.68. The fourth-order valence-electron chi connectivity index (χ4n) is 2.25. The van der Waals surface area contributed by atoms with E-state index in [1.807, 2.05) is 6.07 Å². The number of benzene rings is 2. The number of amides is 1. The second-order valence-corrected chi connectivity index (χ2v) is 6.28. The number of ether oxygens (including phenoxy) is 1. The first-order chi connectivity index (χ1) is 12.5. The van der Waals surface area contributed by atoms with Crippen LogP contribution in [0.2, 0.25) is 0 Å². The third-order valence-electron chi connectivity index (χ3n) is 3.51. The van der Waals surface area contributed by atoms with Gasteiger partial charge >= 0.3 is 5.97 Å². The van der Waals surface area contributed by atoms with Crippen molar-refractivity contribution in [1.29, 1.82) is 5.26 Å². The Labute approximate surface area is 159 Å². The Kier molecular flexibility index (Phi) is 7.30. The van der Waals surface area contributed by atoms with Crippen molar-refractivity contribution >= 4 is 33.5 Å². The van der Waals surface area contributed by atoms with Crippen molar-refractivity contribution in [3.05, 3.63) is 64.4 Å². The molecule has 0 saturated heterocycles. The van der Waals surface area contributed by atoms with Crippen LogP contribution in [0.5, 0.6) is 0 Å². The molecule has 0 heterocycles. The lowest BCUT2D eigenvalue weighted by molar-refractivity contribution is -0.147. The summed E-state index contributed by atoms with van der Waals surface area (Å²) >= 11 is 3.31. The Morgan fingerprint density at radius 3 is 2.50 bits per heavy atom. The fraction of sp³-hybridized carbons (Fsp3) is 0.211. The topological polar surface area (TPSA) is 70.4 Å². The highest BCUT2D eigenvalue weighted by Gasteiger charge is 2.20. The molecule has 0 aromatic heterocycles. The van der Waals surface area contributed by atoms with E-state index in [0.29, 0.717) is 0 Å². The van der Waals surface area contributed by atoms with Crippen molar-refractivity contribution in [3.63, 3.8) is 0 Å². The van der Waals surface area contributed by atoms with Gasteiger partial charge in [0.25, 0.3) is 5.91 Å². The Balaban J connectivity index is 1.98. The van der Waals surface area contributed by atoms with Crippen LogP contribution in [0.4, 0.5) is 10.1 Å². The van der Waals surface area contributed by atoms with Gasteiger partial charge < -0.3 is 9.64 Å². The molecular formula is C19H16BrFN2O3. The molecule has 0 bridgehead atoms. The summed E-state index contributed by atoms with van der Waals surface area (Å²) in [5.74, 6) is -1.73. The smallest absolute Gasteiger partial charge is 0.310 e. The zero-order valence-corrected chi connectivity index (χ0v) is 15.4. The number of hydrogen-bond acceptors (Lipinski definition) is 4. The summed E-state index contributed by atoms with van der Waals surface area (Å²) in [7, 11) is 0. The molecule has 1 amide bonds. The normalized spacial score (nSPS) is 10.0. The van der Waals surface area contributed by atoms with E-state index >= 15 is 0 Å². The number of carbonyl (C=O) groups excluding carboxylic acids is 2. The van der Waals surface area contributed by atoms with Gasteiger partial charge in [-0.2, -0.15) is 5.26 Å². The summed E-state index contributed by atoms with van der Waals surface area (Å²) in [5.41, 5.74) is 0.804. The maximum Gasteiger partial charge on any atom is 0.310 e. The summed E-state index contributed by atoms with van der Waals surface area (Å²) in [5, 5.41) is 8.74. The molecule has 2 aromatic carbocycles. The molecule has 0 aliphatic heterocycles. The van der Waals surface area contributed by atoms with E-state index in [1.54, 1.807) is 30.3 Å². The first kappa shape index (κ1) is 19.6. The average molecular weight is 419 g/mol. The number of nitriles is 1. The molecule has 0 atom stereocenters. The Morgan fingerprint density at radius 1 is 1.15 bits per heavy atom. The van der Waals surface area contributed by atoms with Crippen LogP contribution in [0.1, 0.15) is 12.0 Å². The number of para-hydroxylation sites is 1. The van der Waals surface area contributed by atoms with Crippen LogP contribution < -0.4 is 4.90 Å². The van der Waals surface area contributed by atoms with Gasteiger partial charge in [0, 0.05) is 11.0 Å². The third-order valence-corrected chi connectivity index (χ3v) is 4.04. The number of rotatable bonds is 7. The number of esters is 1. The summed E-state index contributed by atoms with van der Waals surface area (Å²) in [6, 6.07) is 14.8. The fourth-order valence-corrected chi connectivity index (χ4v) is 2.52. The lowest BCUT2D eigenvalue weighted by Gasteiger charge is -2.22. The highest BCUT2D eigenvalue weighted by Crippen LogP contribution is 2.19. The zero-order valence-electron chi connectivity index (χ0n) is 13.8. The Bertz CT molecular complexity index is 818. The van der Waals surface area contributed by atoms with E-state index in [-0.39, 0.29) is 25.1 Å². The quantitative estimate of drug-likeness (QED) is 0.643. The Hall–Kier alpha value is -2.72. The molecule has 0 saturated carbocycles. The molecule has 26 heavy (non-hydrogen) atoms. The molecule has 0 N–H and O–H groups in total. The van der Waals surface area contributed by atoms with Gasteiger partial charge in [0.1, 0.15) is 5.82 Å². The first-order valence-electron chi connectivity index (χ1n) is 7.83. The van der Waals surface area contributed by atoms with Gasteiger partial charge in [-0.1, -0.05) is 40.2 Å². The monoisotopic (exact) mass is 418 g/mol. The lowest BCUT2D eigenvalue weighted by Crippen LogP contribution is -2.36. The molecule has 0 aliphatic carbocycles. The molecule has 0 aliphatic rings. The number of carbonyl (C=O) groups is 2. The van der Waals surface area contributed by atoms with Crippen LogP contribution in [0, 0.1) is 17.1 Å². The maximum absolute atomic E-state index is 14.0. The van der Waals surface area contributed by atoms with Crippen LogP contribution in [-0.4, -0.2) is 25.0 Å². The summed E-state index contributed by atoms with van der Waals surface area (Å²) < 4.78 is 19.9. The van der Waals surface area contributed by atoms with E-state index in [4.69, 9.17) is 10.00 Å². The van der Waals surface area contributed by atoms with Gasteiger partial charge in [-0.05, 0) is 29.8 Å². The molecule has 0 fully saturated rings. The van der Waals surface area contributed by atoms with Gasteiger partial charge in [0.05, 0.1) is 24.6 Å². The van der Waals surface area contributed by atoms with Crippen LogP contribution >= 0.6 is 15.9 Å². The molecule has 2 rings (SSSR count). The molecule has 2 aromatic rings. The molecule has 0 spiro atoms. The van der Waals surface area contributed by atoms with Crippen molar-refractivity contribution in [2.45, 2.75) is 12.8 Å². The number of nitrogens with zero attached hydrogens (tertiary/aromatic N) is 2. The van der Waals surface area contributed by atoms with E-state index in [1.165, 1.54) is 18.2 Å². The van der Waals surface area contributed by atoms with E-state index in [0.717, 1.165) is 14.9 Å². The van der Waals surface area contributed by atoms with E-state index in [2.05, 4.69) is 15.9 Å². The van der Waals surface area contributed by atoms with E-state index in [9.17, 15) is 14.0 Å². The van der Waals surface area contributed by atoms with Gasteiger partial charge in [-0.3, -0.25) is 9.59 Å². The van der Waals surface area contributed by atoms with Gasteiger partial charge in [0.15, 0.2) is 6.61 Å².